The third-order valence-corrected chi connectivity index (χ3v) is 0.846. The molecule has 0 aromatic carbocycles. The van der Waals surface area contributed by atoms with Gasteiger partial charge in [0.05, 0.1) is 13.2 Å². The maximum Gasteiger partial charge on any atom is 0.508 e. The van der Waals surface area contributed by atoms with Gasteiger partial charge in [-0.1, -0.05) is 13.8 Å². The molecule has 0 aliphatic heterocycles. The van der Waals surface area contributed by atoms with Gasteiger partial charge in [-0.3, -0.25) is 0 Å². The van der Waals surface area contributed by atoms with Gasteiger partial charge in [-0.25, -0.2) is 4.79 Å². The Bertz CT molecular complexity index is 116. The monoisotopic (exact) mass is 251 g/mol. The van der Waals surface area contributed by atoms with E-state index in [0.717, 1.165) is 0 Å². The van der Waals surface area contributed by atoms with Gasteiger partial charge in [0.15, 0.2) is 0 Å². The molecule has 0 aromatic rings. The second kappa shape index (κ2) is 9.42. The van der Waals surface area contributed by atoms with Crippen LogP contribution in [0.3, 0.4) is 0 Å². The van der Waals surface area contributed by atoms with Gasteiger partial charge in [0.2, 0.25) is 0 Å². The Balaban J connectivity index is 0. The molecule has 0 spiro atoms. The van der Waals surface area contributed by atoms with E-state index in [2.05, 4.69) is 9.47 Å². The largest absolute Gasteiger partial charge is 0.508 e. The maximum absolute atomic E-state index is 10.6. The minimum absolute atomic E-state index is 0. The van der Waals surface area contributed by atoms with Crippen molar-refractivity contribution in [1.82, 2.24) is 0 Å². The van der Waals surface area contributed by atoms with E-state index in [1.165, 1.54) is 0 Å². The van der Waals surface area contributed by atoms with E-state index in [1.807, 2.05) is 13.8 Å². The van der Waals surface area contributed by atoms with Crippen molar-refractivity contribution in [2.24, 2.45) is 5.92 Å². The molecule has 0 unspecified atom stereocenters. The third kappa shape index (κ3) is 10.3. The van der Waals surface area contributed by atoms with Crippen molar-refractivity contribution >= 4 is 6.16 Å². The van der Waals surface area contributed by atoms with Gasteiger partial charge in [-0.15, -0.1) is 0 Å². The molecule has 1 radical (unpaired) electrons. The number of hydrogen-bond donors (Lipinski definition) is 1. The van der Waals surface area contributed by atoms with Crippen LogP contribution in [0.15, 0.2) is 0 Å². The molecule has 0 aliphatic rings. The summed E-state index contributed by atoms with van der Waals surface area (Å²) in [5, 5.41) is 8.26. The van der Waals surface area contributed by atoms with Crippen molar-refractivity contribution < 1.29 is 52.1 Å². The summed E-state index contributed by atoms with van der Waals surface area (Å²) in [5.41, 5.74) is 0. The van der Waals surface area contributed by atoms with Gasteiger partial charge in [-0.2, -0.15) is 0 Å². The van der Waals surface area contributed by atoms with Crippen molar-refractivity contribution in [2.75, 3.05) is 19.8 Å². The minimum Gasteiger partial charge on any atom is -0.434 e. The fourth-order valence-corrected chi connectivity index (χ4v) is 0.405. The molecule has 4 nitrogen and oxygen atoms in total. The van der Waals surface area contributed by atoms with Crippen molar-refractivity contribution in [2.45, 2.75) is 13.8 Å². The summed E-state index contributed by atoms with van der Waals surface area (Å²) in [6.45, 7) is 4.04. The predicted molar refractivity (Wildman–Crippen MR) is 39.2 cm³/mol. The van der Waals surface area contributed by atoms with Gasteiger partial charge >= 0.3 is 6.16 Å². The number of aliphatic hydroxyl groups is 1. The number of hydrogen-bond acceptors (Lipinski definition) is 4. The summed E-state index contributed by atoms with van der Waals surface area (Å²) in [6.07, 6.45) is -0.715. The zero-order valence-corrected chi connectivity index (χ0v) is 10.3. The molecule has 1 N–H and O–H groups in total. The van der Waals surface area contributed by atoms with Gasteiger partial charge in [0.25, 0.3) is 0 Å². The molecule has 0 fully saturated rings. The van der Waals surface area contributed by atoms with Gasteiger partial charge in [0.1, 0.15) is 6.61 Å². The standard InChI is InChI=1S/C7H14O4.Y/c1-6(2)5-11-7(9)10-4-3-8;/h6,8H,3-5H2,1-2H3;. The Kier molecular flexibility index (Phi) is 11.6. The number of carbonyl (C=O) groups is 1. The Morgan fingerprint density at radius 1 is 1.42 bits per heavy atom. The average molecular weight is 251 g/mol. The van der Waals surface area contributed by atoms with Crippen molar-refractivity contribution in [3.05, 3.63) is 0 Å². The third-order valence-electron chi connectivity index (χ3n) is 0.846. The average Bonchev–Trinajstić information content (AvgIpc) is 1.97. The first-order valence-corrected chi connectivity index (χ1v) is 3.57. The fraction of sp³-hybridized carbons (Fsp3) is 0.857. The second-order valence-corrected chi connectivity index (χ2v) is 2.53. The summed E-state index contributed by atoms with van der Waals surface area (Å²) in [4.78, 5) is 10.6. The van der Waals surface area contributed by atoms with Crippen LogP contribution in [0.2, 0.25) is 0 Å². The predicted octanol–water partition coefficient (Wildman–Crippen LogP) is 0.785. The number of ether oxygens (including phenoxy) is 2. The zero-order valence-electron chi connectivity index (χ0n) is 7.45. The molecule has 0 saturated carbocycles. The summed E-state index contributed by atoms with van der Waals surface area (Å²) in [6, 6.07) is 0. The van der Waals surface area contributed by atoms with E-state index in [0.29, 0.717) is 12.5 Å². The van der Waals surface area contributed by atoms with Crippen LogP contribution in [-0.4, -0.2) is 31.1 Å². The van der Waals surface area contributed by atoms with E-state index in [9.17, 15) is 4.79 Å². The molecule has 0 aromatic heterocycles. The Morgan fingerprint density at radius 2 is 2.00 bits per heavy atom. The SMILES string of the molecule is CC(C)COC(=O)OCCO.[Y]. The number of aliphatic hydroxyl groups excluding tert-OH is 1. The van der Waals surface area contributed by atoms with E-state index >= 15 is 0 Å². The maximum atomic E-state index is 10.6. The van der Waals surface area contributed by atoms with E-state index in [-0.39, 0.29) is 45.9 Å². The van der Waals surface area contributed by atoms with Gasteiger partial charge < -0.3 is 14.6 Å². The van der Waals surface area contributed by atoms with Crippen LogP contribution in [0.4, 0.5) is 4.79 Å². The molecule has 0 rings (SSSR count). The van der Waals surface area contributed by atoms with E-state index in [4.69, 9.17) is 5.11 Å². The van der Waals surface area contributed by atoms with E-state index < -0.39 is 6.16 Å². The summed E-state index contributed by atoms with van der Waals surface area (Å²) >= 11 is 0. The first kappa shape index (κ1) is 14.8. The number of carbonyl (C=O) groups excluding carboxylic acids is 1. The van der Waals surface area contributed by atoms with Gasteiger partial charge in [-0.05, 0) is 5.92 Å². The first-order chi connectivity index (χ1) is 5.16. The molecule has 0 amide bonds. The van der Waals surface area contributed by atoms with Crippen LogP contribution in [-0.2, 0) is 42.2 Å². The fourth-order valence-electron chi connectivity index (χ4n) is 0.405. The molecular formula is C7H14O4Y. The van der Waals surface area contributed by atoms with Crippen LogP contribution in [0.1, 0.15) is 13.8 Å². The quantitative estimate of drug-likeness (QED) is 0.750. The van der Waals surface area contributed by atoms with Crippen LogP contribution in [0.5, 0.6) is 0 Å². The molecule has 0 saturated heterocycles. The Labute approximate surface area is 97.5 Å². The molecule has 5 heteroatoms. The molecule has 69 valence electrons. The summed E-state index contributed by atoms with van der Waals surface area (Å²) in [7, 11) is 0. The van der Waals surface area contributed by atoms with Crippen molar-refractivity contribution in [1.29, 1.82) is 0 Å². The molecule has 0 atom stereocenters. The van der Waals surface area contributed by atoms with Crippen LogP contribution >= 0.6 is 0 Å². The normalized spacial score (nSPS) is 9.00. The summed E-state index contributed by atoms with van der Waals surface area (Å²) in [5.74, 6) is 0.302. The Morgan fingerprint density at radius 3 is 2.42 bits per heavy atom. The minimum atomic E-state index is -0.715. The van der Waals surface area contributed by atoms with Crippen LogP contribution in [0.25, 0.3) is 0 Å². The van der Waals surface area contributed by atoms with Crippen molar-refractivity contribution in [3.63, 3.8) is 0 Å². The second-order valence-electron chi connectivity index (χ2n) is 2.53. The Hall–Kier alpha value is 0.334. The molecular weight excluding hydrogens is 237 g/mol. The topological polar surface area (TPSA) is 55.8 Å². The van der Waals surface area contributed by atoms with Gasteiger partial charge in [0, 0.05) is 32.7 Å². The smallest absolute Gasteiger partial charge is 0.434 e. The van der Waals surface area contributed by atoms with Crippen LogP contribution < -0.4 is 0 Å². The molecule has 0 aliphatic carbocycles. The molecule has 0 heterocycles. The first-order valence-electron chi connectivity index (χ1n) is 3.57. The zero-order chi connectivity index (χ0) is 8.69. The van der Waals surface area contributed by atoms with Crippen LogP contribution in [0, 0.1) is 5.92 Å². The molecule has 12 heavy (non-hydrogen) atoms. The van der Waals surface area contributed by atoms with E-state index in [1.54, 1.807) is 0 Å². The van der Waals surface area contributed by atoms with Crippen molar-refractivity contribution in [3.8, 4) is 0 Å². The number of rotatable bonds is 4. The summed E-state index contributed by atoms with van der Waals surface area (Å²) < 4.78 is 9.06. The molecule has 0 bridgehead atoms.